The van der Waals surface area contributed by atoms with Gasteiger partial charge in [0.2, 0.25) is 0 Å². The highest BCUT2D eigenvalue weighted by Gasteiger charge is 2.40. The van der Waals surface area contributed by atoms with Gasteiger partial charge in [0.15, 0.2) is 0 Å². The second kappa shape index (κ2) is 3.36. The van der Waals surface area contributed by atoms with Crippen molar-refractivity contribution in [2.45, 2.75) is 5.91 Å². The molecule has 0 aromatic heterocycles. The Bertz CT molecular complexity index is 168. The summed E-state index contributed by atoms with van der Waals surface area (Å²) in [6, 6.07) is 0. The van der Waals surface area contributed by atoms with Crippen LogP contribution in [0.15, 0.2) is 12.8 Å². The van der Waals surface area contributed by atoms with E-state index < -0.39 is 11.9 Å². The third-order valence-electron chi connectivity index (χ3n) is 1.13. The van der Waals surface area contributed by atoms with E-state index in [1.54, 1.807) is 0 Å². The molecule has 0 saturated heterocycles. The lowest BCUT2D eigenvalue weighted by molar-refractivity contribution is -0.255. The Morgan fingerprint density at radius 3 is 2.27 bits per heavy atom. The zero-order chi connectivity index (χ0) is 9.07. The Balaban J connectivity index is 4.51. The zero-order valence-corrected chi connectivity index (χ0v) is 6.44. The molecule has 64 valence electrons. The van der Waals surface area contributed by atoms with E-state index in [0.29, 0.717) is 0 Å². The molecule has 0 aliphatic carbocycles. The molecule has 0 bridgehead atoms. The van der Waals surface area contributed by atoms with Gasteiger partial charge in [0.1, 0.15) is 0 Å². The third-order valence-corrected chi connectivity index (χ3v) is 1.13. The molecule has 0 fully saturated rings. The smallest absolute Gasteiger partial charge is 0.395 e. The maximum Gasteiger partial charge on any atom is 0.395 e. The van der Waals surface area contributed by atoms with E-state index in [1.807, 2.05) is 0 Å². The van der Waals surface area contributed by atoms with Crippen LogP contribution in [0.4, 0.5) is 0 Å². The quantitative estimate of drug-likeness (QED) is 0.427. The molecule has 0 radical (unpaired) electrons. The van der Waals surface area contributed by atoms with Gasteiger partial charge in [-0.25, -0.2) is 9.69 Å². The normalized spacial score (nSPS) is 15.6. The highest BCUT2D eigenvalue weighted by Crippen LogP contribution is 2.09. The van der Waals surface area contributed by atoms with E-state index >= 15 is 0 Å². The van der Waals surface area contributed by atoms with Gasteiger partial charge < -0.3 is 14.9 Å². The monoisotopic (exact) mass is 161 g/mol. The van der Waals surface area contributed by atoms with Crippen LogP contribution in [0.3, 0.4) is 0 Å². The van der Waals surface area contributed by atoms with E-state index in [-0.39, 0.29) is 0 Å². The summed E-state index contributed by atoms with van der Waals surface area (Å²) in [5.41, 5.74) is 0. The molecule has 0 aromatic rings. The van der Waals surface area contributed by atoms with Gasteiger partial charge in [-0.05, 0) is 14.1 Å². The van der Waals surface area contributed by atoms with Gasteiger partial charge in [-0.3, -0.25) is 0 Å². The van der Waals surface area contributed by atoms with Gasteiger partial charge in [-0.1, -0.05) is 6.58 Å². The van der Waals surface area contributed by atoms with E-state index in [1.165, 1.54) is 14.1 Å². The van der Waals surface area contributed by atoms with Gasteiger partial charge in [0, 0.05) is 0 Å². The lowest BCUT2D eigenvalue weighted by atomic mass is 10.4. The van der Waals surface area contributed by atoms with Gasteiger partial charge in [-0.2, -0.15) is 0 Å². The summed E-state index contributed by atoms with van der Waals surface area (Å²) in [5, 5.41) is 17.7. The first-order chi connectivity index (χ1) is 4.95. The molecule has 0 aromatic carbocycles. The van der Waals surface area contributed by atoms with E-state index in [4.69, 9.17) is 5.11 Å². The average molecular weight is 161 g/mol. The molecular weight excluding hydrogens is 150 g/mol. The van der Waals surface area contributed by atoms with E-state index in [0.717, 1.165) is 11.2 Å². The van der Waals surface area contributed by atoms with Crippen molar-refractivity contribution in [3.63, 3.8) is 0 Å². The van der Waals surface area contributed by atoms with Crippen molar-refractivity contribution in [1.29, 1.82) is 0 Å². The van der Waals surface area contributed by atoms with Crippen LogP contribution in [-0.4, -0.2) is 41.1 Å². The second-order valence-electron chi connectivity index (χ2n) is 2.09. The Hall–Kier alpha value is -1.07. The number of nitrogens with zero attached hydrogens (tertiary/aromatic N) is 1. The van der Waals surface area contributed by atoms with Crippen molar-refractivity contribution < 1.29 is 19.7 Å². The SMILES string of the molecule is C=COC(O)(C(=O)O)N(C)C. The molecule has 0 aliphatic heterocycles. The van der Waals surface area contributed by atoms with Crippen molar-refractivity contribution in [3.8, 4) is 0 Å². The fourth-order valence-electron chi connectivity index (χ4n) is 0.463. The number of rotatable bonds is 4. The maximum absolute atomic E-state index is 10.4. The lowest BCUT2D eigenvalue weighted by Crippen LogP contribution is -2.52. The molecule has 0 saturated carbocycles. The first kappa shape index (κ1) is 9.93. The topological polar surface area (TPSA) is 70.0 Å². The molecule has 2 N–H and O–H groups in total. The minimum atomic E-state index is -2.32. The number of hydrogen-bond donors (Lipinski definition) is 2. The molecule has 0 aliphatic rings. The Kier molecular flexibility index (Phi) is 3.03. The molecule has 0 amide bonds. The van der Waals surface area contributed by atoms with Crippen LogP contribution in [0.1, 0.15) is 0 Å². The number of ether oxygens (including phenoxy) is 1. The highest BCUT2D eigenvalue weighted by molar-refractivity contribution is 5.74. The predicted octanol–water partition coefficient (Wildman–Crippen LogP) is -0.561. The standard InChI is InChI=1S/C6H11NO4/c1-4-11-6(10,5(8)9)7(2)3/h4,10H,1H2,2-3H3,(H,8,9). The molecule has 1 atom stereocenters. The summed E-state index contributed by atoms with van der Waals surface area (Å²) < 4.78 is 4.40. The number of aliphatic carboxylic acids is 1. The number of aliphatic hydroxyl groups is 1. The van der Waals surface area contributed by atoms with Crippen LogP contribution in [-0.2, 0) is 9.53 Å². The van der Waals surface area contributed by atoms with Crippen molar-refractivity contribution in [1.82, 2.24) is 4.90 Å². The van der Waals surface area contributed by atoms with Gasteiger partial charge in [0.05, 0.1) is 6.26 Å². The van der Waals surface area contributed by atoms with Crippen molar-refractivity contribution in [2.24, 2.45) is 0 Å². The summed E-state index contributed by atoms with van der Waals surface area (Å²) in [5.74, 6) is -3.80. The molecule has 0 rings (SSSR count). The number of carboxylic acid groups (broad SMARTS) is 1. The number of carboxylic acids is 1. The lowest BCUT2D eigenvalue weighted by Gasteiger charge is -2.28. The number of hydrogen-bond acceptors (Lipinski definition) is 4. The maximum atomic E-state index is 10.4. The van der Waals surface area contributed by atoms with Crippen molar-refractivity contribution in [2.75, 3.05) is 14.1 Å². The molecular formula is C6H11NO4. The third kappa shape index (κ3) is 1.92. The molecule has 5 nitrogen and oxygen atoms in total. The number of carbonyl (C=O) groups is 1. The minimum absolute atomic E-state index is 0.869. The summed E-state index contributed by atoms with van der Waals surface area (Å²) in [6.07, 6.45) is 0.869. The highest BCUT2D eigenvalue weighted by atomic mass is 16.7. The van der Waals surface area contributed by atoms with E-state index in [9.17, 15) is 9.90 Å². The fraction of sp³-hybridized carbons (Fsp3) is 0.500. The summed E-state index contributed by atoms with van der Waals surface area (Å²) in [4.78, 5) is 11.4. The first-order valence-electron chi connectivity index (χ1n) is 2.87. The summed E-state index contributed by atoms with van der Waals surface area (Å²) in [7, 11) is 2.75. The fourth-order valence-corrected chi connectivity index (χ4v) is 0.463. The minimum Gasteiger partial charge on any atom is -0.475 e. The van der Waals surface area contributed by atoms with Crippen molar-refractivity contribution in [3.05, 3.63) is 12.8 Å². The number of likely N-dealkylation sites (N-methyl/N-ethyl adjacent to an activating group) is 1. The first-order valence-corrected chi connectivity index (χ1v) is 2.87. The van der Waals surface area contributed by atoms with Crippen LogP contribution < -0.4 is 0 Å². The van der Waals surface area contributed by atoms with Gasteiger partial charge in [-0.15, -0.1) is 0 Å². The summed E-state index contributed by atoms with van der Waals surface area (Å²) in [6.45, 7) is 3.14. The van der Waals surface area contributed by atoms with Crippen LogP contribution in [0.25, 0.3) is 0 Å². The zero-order valence-electron chi connectivity index (χ0n) is 6.44. The molecule has 1 unspecified atom stereocenters. The Morgan fingerprint density at radius 1 is 1.73 bits per heavy atom. The average Bonchev–Trinajstić information content (AvgIpc) is 1.87. The molecule has 0 spiro atoms. The van der Waals surface area contributed by atoms with E-state index in [2.05, 4.69) is 11.3 Å². The van der Waals surface area contributed by atoms with Crippen LogP contribution in [0.5, 0.6) is 0 Å². The molecule has 0 heterocycles. The molecule has 11 heavy (non-hydrogen) atoms. The summed E-state index contributed by atoms with van der Waals surface area (Å²) >= 11 is 0. The largest absolute Gasteiger partial charge is 0.475 e. The second-order valence-corrected chi connectivity index (χ2v) is 2.09. The Morgan fingerprint density at radius 2 is 2.18 bits per heavy atom. The van der Waals surface area contributed by atoms with Crippen LogP contribution in [0, 0.1) is 0 Å². The van der Waals surface area contributed by atoms with Crippen LogP contribution in [0.2, 0.25) is 0 Å². The van der Waals surface area contributed by atoms with Gasteiger partial charge in [0.25, 0.3) is 0 Å². The molecule has 5 heteroatoms. The predicted molar refractivity (Wildman–Crippen MR) is 37.6 cm³/mol. The Labute approximate surface area is 64.5 Å². The van der Waals surface area contributed by atoms with Crippen molar-refractivity contribution >= 4 is 5.97 Å². The van der Waals surface area contributed by atoms with Gasteiger partial charge >= 0.3 is 11.9 Å². The van der Waals surface area contributed by atoms with Crippen LogP contribution >= 0.6 is 0 Å².